The zero-order valence-corrected chi connectivity index (χ0v) is 11.4. The third kappa shape index (κ3) is 2.54. The van der Waals surface area contributed by atoms with Crippen LogP contribution in [0.1, 0.15) is 41.8 Å². The van der Waals surface area contributed by atoms with E-state index in [4.69, 9.17) is 0 Å². The normalized spacial score (nSPS) is 17.4. The lowest BCUT2D eigenvalue weighted by atomic mass is 10.1. The van der Waals surface area contributed by atoms with Crippen molar-refractivity contribution >= 4 is 0 Å². The van der Waals surface area contributed by atoms with Crippen LogP contribution in [0.25, 0.3) is 0 Å². The topological polar surface area (TPSA) is 24.9 Å². The number of rotatable bonds is 4. The first kappa shape index (κ1) is 12.4. The Bertz CT molecular complexity index is 563. The first-order valence-corrected chi connectivity index (χ1v) is 7.12. The van der Waals surface area contributed by atoms with Gasteiger partial charge in [0.25, 0.3) is 0 Å². The van der Waals surface area contributed by atoms with Gasteiger partial charge in [-0.15, -0.1) is 0 Å². The minimum Gasteiger partial charge on any atom is -0.304 e. The van der Waals surface area contributed by atoms with Gasteiger partial charge in [-0.2, -0.15) is 0 Å². The van der Waals surface area contributed by atoms with E-state index in [1.807, 2.05) is 12.3 Å². The smallest absolute Gasteiger partial charge is 0.0573 e. The summed E-state index contributed by atoms with van der Waals surface area (Å²) in [7, 11) is 0. The molecule has 0 saturated carbocycles. The van der Waals surface area contributed by atoms with E-state index in [0.29, 0.717) is 6.04 Å². The van der Waals surface area contributed by atoms with Gasteiger partial charge >= 0.3 is 0 Å². The molecule has 1 heterocycles. The second-order valence-corrected chi connectivity index (χ2v) is 5.13. The number of hydrogen-bond acceptors (Lipinski definition) is 2. The van der Waals surface area contributed by atoms with Crippen LogP contribution in [-0.4, -0.2) is 4.98 Å². The van der Waals surface area contributed by atoms with E-state index >= 15 is 0 Å². The largest absolute Gasteiger partial charge is 0.304 e. The maximum Gasteiger partial charge on any atom is 0.0573 e. The molecule has 1 aliphatic rings. The lowest BCUT2D eigenvalue weighted by Crippen LogP contribution is -2.20. The molecule has 2 nitrogen and oxygen atoms in total. The van der Waals surface area contributed by atoms with Gasteiger partial charge in [-0.3, -0.25) is 4.98 Å². The van der Waals surface area contributed by atoms with Crippen LogP contribution in [0.3, 0.4) is 0 Å². The molecule has 0 bridgehead atoms. The molecule has 0 amide bonds. The Hall–Kier alpha value is -1.67. The monoisotopic (exact) mass is 252 g/mol. The summed E-state index contributed by atoms with van der Waals surface area (Å²) >= 11 is 0. The standard InChI is InChI=1S/C17H20N2/c1-2-13-7-5-11-18-17(13)12-19-16-10-9-14-6-3-4-8-15(14)16/h3-8,11,16,19H,2,9-10,12H2,1H3. The number of benzene rings is 1. The van der Waals surface area contributed by atoms with Crippen molar-refractivity contribution in [3.63, 3.8) is 0 Å². The van der Waals surface area contributed by atoms with Crippen LogP contribution >= 0.6 is 0 Å². The van der Waals surface area contributed by atoms with E-state index in [9.17, 15) is 0 Å². The average molecular weight is 252 g/mol. The van der Waals surface area contributed by atoms with Crippen molar-refractivity contribution in [1.82, 2.24) is 10.3 Å². The van der Waals surface area contributed by atoms with E-state index in [1.165, 1.54) is 35.2 Å². The maximum atomic E-state index is 4.50. The Balaban J connectivity index is 1.71. The SMILES string of the molecule is CCc1cccnc1CNC1CCc2ccccc21. The highest BCUT2D eigenvalue weighted by Crippen LogP contribution is 2.30. The van der Waals surface area contributed by atoms with Crippen molar-refractivity contribution in [2.75, 3.05) is 0 Å². The summed E-state index contributed by atoms with van der Waals surface area (Å²) in [6.45, 7) is 3.05. The molecule has 2 aromatic rings. The van der Waals surface area contributed by atoms with Gasteiger partial charge in [-0.25, -0.2) is 0 Å². The van der Waals surface area contributed by atoms with Gasteiger partial charge in [0.15, 0.2) is 0 Å². The summed E-state index contributed by atoms with van der Waals surface area (Å²) < 4.78 is 0. The Labute approximate surface area is 114 Å². The van der Waals surface area contributed by atoms with Gasteiger partial charge in [0, 0.05) is 18.8 Å². The summed E-state index contributed by atoms with van der Waals surface area (Å²) in [6, 6.07) is 13.4. The third-order valence-corrected chi connectivity index (χ3v) is 4.01. The fourth-order valence-electron chi connectivity index (χ4n) is 2.94. The fourth-order valence-corrected chi connectivity index (χ4v) is 2.94. The van der Waals surface area contributed by atoms with Crippen LogP contribution in [0.15, 0.2) is 42.6 Å². The second-order valence-electron chi connectivity index (χ2n) is 5.13. The third-order valence-electron chi connectivity index (χ3n) is 4.01. The Morgan fingerprint density at radius 1 is 1.21 bits per heavy atom. The lowest BCUT2D eigenvalue weighted by molar-refractivity contribution is 0.523. The van der Waals surface area contributed by atoms with Gasteiger partial charge < -0.3 is 5.32 Å². The van der Waals surface area contributed by atoms with Gasteiger partial charge in [0.1, 0.15) is 0 Å². The first-order chi connectivity index (χ1) is 9.38. The number of nitrogens with one attached hydrogen (secondary N) is 1. The predicted molar refractivity (Wildman–Crippen MR) is 78.0 cm³/mol. The number of nitrogens with zero attached hydrogens (tertiary/aromatic N) is 1. The molecule has 0 aliphatic heterocycles. The molecule has 1 unspecified atom stereocenters. The molecule has 1 aromatic heterocycles. The number of hydrogen-bond donors (Lipinski definition) is 1. The molecular formula is C17H20N2. The quantitative estimate of drug-likeness (QED) is 0.902. The number of aryl methyl sites for hydroxylation is 2. The van der Waals surface area contributed by atoms with Gasteiger partial charge in [-0.05, 0) is 42.0 Å². The molecule has 98 valence electrons. The van der Waals surface area contributed by atoms with Gasteiger partial charge in [0.2, 0.25) is 0 Å². The molecule has 0 radical (unpaired) electrons. The molecular weight excluding hydrogens is 232 g/mol. The van der Waals surface area contributed by atoms with Crippen LogP contribution in [0, 0.1) is 0 Å². The van der Waals surface area contributed by atoms with Crippen LogP contribution in [0.2, 0.25) is 0 Å². The van der Waals surface area contributed by atoms with Crippen molar-refractivity contribution in [2.45, 2.75) is 38.8 Å². The van der Waals surface area contributed by atoms with Crippen molar-refractivity contribution in [3.05, 3.63) is 65.0 Å². The highest BCUT2D eigenvalue weighted by molar-refractivity contribution is 5.34. The van der Waals surface area contributed by atoms with Crippen molar-refractivity contribution < 1.29 is 0 Å². The van der Waals surface area contributed by atoms with Crippen LogP contribution in [0.4, 0.5) is 0 Å². The summed E-state index contributed by atoms with van der Waals surface area (Å²) in [4.78, 5) is 4.50. The molecule has 0 spiro atoms. The first-order valence-electron chi connectivity index (χ1n) is 7.12. The molecule has 0 saturated heterocycles. The predicted octanol–water partition coefficient (Wildman–Crippen LogP) is 3.42. The zero-order chi connectivity index (χ0) is 13.1. The fraction of sp³-hybridized carbons (Fsp3) is 0.353. The second kappa shape index (κ2) is 5.54. The molecule has 19 heavy (non-hydrogen) atoms. The maximum absolute atomic E-state index is 4.50. The van der Waals surface area contributed by atoms with E-state index in [1.54, 1.807) is 0 Å². The van der Waals surface area contributed by atoms with Crippen molar-refractivity contribution in [2.24, 2.45) is 0 Å². The summed E-state index contributed by atoms with van der Waals surface area (Å²) in [5.41, 5.74) is 5.50. The Morgan fingerprint density at radius 3 is 3.00 bits per heavy atom. The van der Waals surface area contributed by atoms with Gasteiger partial charge in [-0.1, -0.05) is 37.3 Å². The van der Waals surface area contributed by atoms with Crippen LogP contribution < -0.4 is 5.32 Å². The summed E-state index contributed by atoms with van der Waals surface area (Å²) in [5, 5.41) is 3.67. The molecule has 3 rings (SSSR count). The zero-order valence-electron chi connectivity index (χ0n) is 11.4. The van der Waals surface area contributed by atoms with E-state index < -0.39 is 0 Å². The molecule has 1 N–H and O–H groups in total. The summed E-state index contributed by atoms with van der Waals surface area (Å²) in [5.74, 6) is 0. The van der Waals surface area contributed by atoms with E-state index in [2.05, 4.69) is 47.6 Å². The summed E-state index contributed by atoms with van der Waals surface area (Å²) in [6.07, 6.45) is 5.33. The minimum absolute atomic E-state index is 0.489. The number of aromatic nitrogens is 1. The van der Waals surface area contributed by atoms with Crippen molar-refractivity contribution in [1.29, 1.82) is 0 Å². The Kier molecular flexibility index (Phi) is 3.60. The molecule has 1 aliphatic carbocycles. The minimum atomic E-state index is 0.489. The highest BCUT2D eigenvalue weighted by Gasteiger charge is 2.21. The molecule has 0 fully saturated rings. The number of pyridine rings is 1. The Morgan fingerprint density at radius 2 is 2.11 bits per heavy atom. The molecule has 1 aromatic carbocycles. The van der Waals surface area contributed by atoms with Crippen LogP contribution in [-0.2, 0) is 19.4 Å². The van der Waals surface area contributed by atoms with E-state index in [0.717, 1.165) is 13.0 Å². The van der Waals surface area contributed by atoms with Crippen molar-refractivity contribution in [3.8, 4) is 0 Å². The molecule has 2 heteroatoms. The number of fused-ring (bicyclic) bond motifs is 1. The highest BCUT2D eigenvalue weighted by atomic mass is 14.9. The van der Waals surface area contributed by atoms with E-state index in [-0.39, 0.29) is 0 Å². The van der Waals surface area contributed by atoms with Gasteiger partial charge in [0.05, 0.1) is 5.69 Å². The molecule has 1 atom stereocenters. The van der Waals surface area contributed by atoms with Crippen LogP contribution in [0.5, 0.6) is 0 Å². The average Bonchev–Trinajstić information content (AvgIpc) is 2.89. The lowest BCUT2D eigenvalue weighted by Gasteiger charge is -2.15.